The zero-order valence-corrected chi connectivity index (χ0v) is 13.3. The number of aliphatic hydroxyl groups excluding tert-OH is 1. The summed E-state index contributed by atoms with van der Waals surface area (Å²) in [6, 6.07) is 3.72. The van der Waals surface area contributed by atoms with Crippen molar-refractivity contribution in [2.24, 2.45) is 0 Å². The molecular weight excluding hydrogens is 309 g/mol. The predicted octanol–water partition coefficient (Wildman–Crippen LogP) is 1.42. The molecule has 1 heterocycles. The van der Waals surface area contributed by atoms with Crippen LogP contribution >= 0.6 is 11.6 Å². The van der Waals surface area contributed by atoms with E-state index in [1.54, 1.807) is 6.92 Å². The Bertz CT molecular complexity index is 522. The van der Waals surface area contributed by atoms with Gasteiger partial charge in [0.1, 0.15) is 5.82 Å². The largest absolute Gasteiger partial charge is 0.395 e. The number of nitrogens with zero attached hydrogens (tertiary/aromatic N) is 2. The molecule has 1 fully saturated rings. The molecule has 1 atom stereocenters. The van der Waals surface area contributed by atoms with E-state index in [1.807, 2.05) is 4.90 Å². The van der Waals surface area contributed by atoms with Crippen molar-refractivity contribution in [1.82, 2.24) is 9.80 Å². The number of nitrogens with one attached hydrogen (secondary N) is 1. The second-order valence-electron chi connectivity index (χ2n) is 5.39. The molecule has 2 rings (SSSR count). The van der Waals surface area contributed by atoms with Crippen LogP contribution in [0.25, 0.3) is 0 Å². The number of piperazine rings is 1. The molecule has 1 amide bonds. The first kappa shape index (κ1) is 17.1. The van der Waals surface area contributed by atoms with Crippen LogP contribution in [0, 0.1) is 5.82 Å². The van der Waals surface area contributed by atoms with Gasteiger partial charge in [0.05, 0.1) is 18.3 Å². The van der Waals surface area contributed by atoms with Crippen LogP contribution in [0.3, 0.4) is 0 Å². The van der Waals surface area contributed by atoms with Crippen LogP contribution in [-0.2, 0) is 4.79 Å². The maximum absolute atomic E-state index is 13.7. The molecule has 1 aromatic rings. The highest BCUT2D eigenvalue weighted by Crippen LogP contribution is 2.20. The van der Waals surface area contributed by atoms with E-state index >= 15 is 0 Å². The van der Waals surface area contributed by atoms with Crippen molar-refractivity contribution in [3.63, 3.8) is 0 Å². The van der Waals surface area contributed by atoms with Crippen molar-refractivity contribution in [3.8, 4) is 0 Å². The monoisotopic (exact) mass is 329 g/mol. The van der Waals surface area contributed by atoms with Gasteiger partial charge in [-0.15, -0.1) is 0 Å². The van der Waals surface area contributed by atoms with Gasteiger partial charge in [0.25, 0.3) is 0 Å². The molecule has 7 heteroatoms. The van der Waals surface area contributed by atoms with Gasteiger partial charge in [-0.05, 0) is 25.1 Å². The molecule has 1 saturated heterocycles. The third-order valence-corrected chi connectivity index (χ3v) is 4.17. The average molecular weight is 330 g/mol. The van der Waals surface area contributed by atoms with Crippen LogP contribution in [0.2, 0.25) is 5.02 Å². The number of hydrogen-bond donors (Lipinski definition) is 2. The van der Waals surface area contributed by atoms with Crippen LogP contribution in [0.15, 0.2) is 18.2 Å². The molecule has 0 bridgehead atoms. The van der Waals surface area contributed by atoms with Crippen molar-refractivity contribution in [3.05, 3.63) is 29.0 Å². The number of halogens is 2. The lowest BCUT2D eigenvalue weighted by Gasteiger charge is -2.37. The summed E-state index contributed by atoms with van der Waals surface area (Å²) < 4.78 is 13.7. The van der Waals surface area contributed by atoms with Crippen molar-refractivity contribution < 1.29 is 14.3 Å². The summed E-state index contributed by atoms with van der Waals surface area (Å²) in [5, 5.41) is 11.9. The number of β-amino-alcohol motifs (C(OH)–C–C–N with tert-alkyl or cyclic N) is 1. The zero-order chi connectivity index (χ0) is 16.1. The van der Waals surface area contributed by atoms with Gasteiger partial charge >= 0.3 is 0 Å². The van der Waals surface area contributed by atoms with Gasteiger partial charge in [-0.2, -0.15) is 0 Å². The third kappa shape index (κ3) is 4.39. The van der Waals surface area contributed by atoms with E-state index in [1.165, 1.54) is 18.2 Å². The predicted molar refractivity (Wildman–Crippen MR) is 84.6 cm³/mol. The summed E-state index contributed by atoms with van der Waals surface area (Å²) in [6.45, 7) is 5.71. The summed E-state index contributed by atoms with van der Waals surface area (Å²) in [5.74, 6) is -0.755. The second-order valence-corrected chi connectivity index (χ2v) is 5.83. The van der Waals surface area contributed by atoms with Gasteiger partial charge in [0, 0.05) is 37.7 Å². The van der Waals surface area contributed by atoms with E-state index in [2.05, 4.69) is 10.2 Å². The van der Waals surface area contributed by atoms with E-state index in [0.717, 1.165) is 26.2 Å². The Morgan fingerprint density at radius 2 is 2.09 bits per heavy atom. The van der Waals surface area contributed by atoms with Crippen LogP contribution in [0.1, 0.15) is 6.92 Å². The topological polar surface area (TPSA) is 55.8 Å². The van der Waals surface area contributed by atoms with Gasteiger partial charge in [-0.3, -0.25) is 14.6 Å². The summed E-state index contributed by atoms with van der Waals surface area (Å²) in [7, 11) is 0. The molecule has 0 aliphatic carbocycles. The highest BCUT2D eigenvalue weighted by molar-refractivity contribution is 6.30. The van der Waals surface area contributed by atoms with Crippen LogP contribution in [-0.4, -0.2) is 66.2 Å². The standard InChI is InChI=1S/C15H21ClFN3O2/c1-11(20-6-4-19(5-7-20)8-9-21)15(22)18-14-10-12(16)2-3-13(14)17/h2-3,10-11,21H,4-9H2,1H3,(H,18,22). The zero-order valence-electron chi connectivity index (χ0n) is 12.6. The normalized spacial score (nSPS) is 18.2. The summed E-state index contributed by atoms with van der Waals surface area (Å²) in [4.78, 5) is 16.5. The molecule has 1 aliphatic rings. The number of rotatable bonds is 5. The number of aliphatic hydroxyl groups is 1. The van der Waals surface area contributed by atoms with Crippen molar-refractivity contribution in [2.45, 2.75) is 13.0 Å². The van der Waals surface area contributed by atoms with Crippen LogP contribution in [0.5, 0.6) is 0 Å². The maximum atomic E-state index is 13.7. The van der Waals surface area contributed by atoms with Gasteiger partial charge in [-0.1, -0.05) is 11.6 Å². The Morgan fingerprint density at radius 3 is 2.73 bits per heavy atom. The smallest absolute Gasteiger partial charge is 0.241 e. The minimum atomic E-state index is -0.502. The van der Waals surface area contributed by atoms with E-state index < -0.39 is 5.82 Å². The Hall–Kier alpha value is -1.21. The van der Waals surface area contributed by atoms with E-state index in [4.69, 9.17) is 16.7 Å². The van der Waals surface area contributed by atoms with Crippen LogP contribution in [0.4, 0.5) is 10.1 Å². The molecule has 122 valence electrons. The number of carbonyl (C=O) groups is 1. The molecular formula is C15H21ClFN3O2. The molecule has 5 nitrogen and oxygen atoms in total. The maximum Gasteiger partial charge on any atom is 0.241 e. The number of amides is 1. The summed E-state index contributed by atoms with van der Waals surface area (Å²) in [6.07, 6.45) is 0. The fourth-order valence-electron chi connectivity index (χ4n) is 2.51. The minimum Gasteiger partial charge on any atom is -0.395 e. The lowest BCUT2D eigenvalue weighted by atomic mass is 10.2. The van der Waals surface area contributed by atoms with E-state index in [9.17, 15) is 9.18 Å². The highest BCUT2D eigenvalue weighted by Gasteiger charge is 2.25. The molecule has 0 radical (unpaired) electrons. The number of anilines is 1. The fourth-order valence-corrected chi connectivity index (χ4v) is 2.68. The second kappa shape index (κ2) is 7.87. The van der Waals surface area contributed by atoms with Gasteiger partial charge in [0.15, 0.2) is 0 Å². The van der Waals surface area contributed by atoms with Gasteiger partial charge < -0.3 is 10.4 Å². The number of hydrogen-bond acceptors (Lipinski definition) is 4. The van der Waals surface area contributed by atoms with Crippen molar-refractivity contribution in [1.29, 1.82) is 0 Å². The lowest BCUT2D eigenvalue weighted by molar-refractivity contribution is -0.121. The third-order valence-electron chi connectivity index (χ3n) is 3.94. The van der Waals surface area contributed by atoms with Gasteiger partial charge in [0.2, 0.25) is 5.91 Å². The molecule has 1 aliphatic heterocycles. The molecule has 0 spiro atoms. The minimum absolute atomic E-state index is 0.100. The van der Waals surface area contributed by atoms with E-state index in [-0.39, 0.29) is 24.2 Å². The van der Waals surface area contributed by atoms with Gasteiger partial charge in [-0.25, -0.2) is 4.39 Å². The first-order valence-corrected chi connectivity index (χ1v) is 7.72. The van der Waals surface area contributed by atoms with Crippen molar-refractivity contribution >= 4 is 23.2 Å². The summed E-state index contributed by atoms with van der Waals surface area (Å²) >= 11 is 5.82. The number of carbonyl (C=O) groups excluding carboxylic acids is 1. The SMILES string of the molecule is CC(C(=O)Nc1cc(Cl)ccc1F)N1CCN(CCO)CC1. The molecule has 0 saturated carbocycles. The first-order valence-electron chi connectivity index (χ1n) is 7.34. The lowest BCUT2D eigenvalue weighted by Crippen LogP contribution is -2.53. The Morgan fingerprint density at radius 1 is 1.41 bits per heavy atom. The quantitative estimate of drug-likeness (QED) is 0.858. The average Bonchev–Trinajstić information content (AvgIpc) is 2.51. The fraction of sp³-hybridized carbons (Fsp3) is 0.533. The Balaban J connectivity index is 1.91. The Kier molecular flexibility index (Phi) is 6.14. The molecule has 1 aromatic carbocycles. The molecule has 22 heavy (non-hydrogen) atoms. The van der Waals surface area contributed by atoms with Crippen molar-refractivity contribution in [2.75, 3.05) is 44.6 Å². The summed E-state index contributed by atoms with van der Waals surface area (Å²) in [5.41, 5.74) is 0.100. The molecule has 1 unspecified atom stereocenters. The first-order chi connectivity index (χ1) is 10.5. The number of benzene rings is 1. The van der Waals surface area contributed by atoms with E-state index in [0.29, 0.717) is 11.6 Å². The Labute approximate surface area is 134 Å². The van der Waals surface area contributed by atoms with Crippen LogP contribution < -0.4 is 5.32 Å². The molecule has 2 N–H and O–H groups in total. The highest BCUT2D eigenvalue weighted by atomic mass is 35.5. The molecule has 0 aromatic heterocycles.